The molecule has 5 heteroatoms. The average molecular weight is 357 g/mol. The lowest BCUT2D eigenvalue weighted by atomic mass is 10.1. The van der Waals surface area contributed by atoms with Crippen molar-refractivity contribution < 1.29 is 19.4 Å². The van der Waals surface area contributed by atoms with Crippen molar-refractivity contribution in [2.24, 2.45) is 0 Å². The number of hydrogen-bond donors (Lipinski definition) is 2. The van der Waals surface area contributed by atoms with Gasteiger partial charge in [-0.15, -0.1) is 0 Å². The van der Waals surface area contributed by atoms with E-state index < -0.39 is 0 Å². The summed E-state index contributed by atoms with van der Waals surface area (Å²) in [6, 6.07) is 12.3. The standard InChI is InChI=1S/C21H27NO4/c1-3-4-7-14-26-20-15-17(10-11-19(20)25-2)21(24)22-13-12-16-8-5-6-9-18(16)23/h5-6,8-11,15,23H,3-4,7,12-14H2,1-2H3,(H,22,24). The molecule has 0 atom stereocenters. The maximum absolute atomic E-state index is 12.4. The van der Waals surface area contributed by atoms with Gasteiger partial charge >= 0.3 is 0 Å². The quantitative estimate of drug-likeness (QED) is 0.632. The van der Waals surface area contributed by atoms with E-state index in [9.17, 15) is 9.90 Å². The maximum atomic E-state index is 12.4. The largest absolute Gasteiger partial charge is 0.508 e. The second-order valence-electron chi connectivity index (χ2n) is 6.06. The summed E-state index contributed by atoms with van der Waals surface area (Å²) >= 11 is 0. The van der Waals surface area contributed by atoms with Crippen molar-refractivity contribution in [2.45, 2.75) is 32.6 Å². The van der Waals surface area contributed by atoms with Crippen LogP contribution in [-0.4, -0.2) is 31.3 Å². The number of phenols is 1. The molecule has 2 rings (SSSR count). The van der Waals surface area contributed by atoms with Crippen LogP contribution >= 0.6 is 0 Å². The molecule has 2 aromatic carbocycles. The Morgan fingerprint density at radius 1 is 1.12 bits per heavy atom. The number of ether oxygens (including phenoxy) is 2. The van der Waals surface area contributed by atoms with Crippen molar-refractivity contribution in [3.63, 3.8) is 0 Å². The van der Waals surface area contributed by atoms with Crippen molar-refractivity contribution in [3.8, 4) is 17.2 Å². The predicted molar refractivity (Wildman–Crippen MR) is 102 cm³/mol. The van der Waals surface area contributed by atoms with Crippen molar-refractivity contribution in [2.75, 3.05) is 20.3 Å². The molecular weight excluding hydrogens is 330 g/mol. The molecular formula is C21H27NO4. The third-order valence-electron chi connectivity index (χ3n) is 4.10. The molecule has 0 saturated heterocycles. The molecule has 0 saturated carbocycles. The van der Waals surface area contributed by atoms with E-state index in [1.54, 1.807) is 37.4 Å². The van der Waals surface area contributed by atoms with E-state index in [4.69, 9.17) is 9.47 Å². The first kappa shape index (κ1) is 19.6. The monoisotopic (exact) mass is 357 g/mol. The molecule has 0 unspecified atom stereocenters. The van der Waals surface area contributed by atoms with Crippen LogP contribution in [0, 0.1) is 0 Å². The van der Waals surface area contributed by atoms with Gasteiger partial charge in [0.15, 0.2) is 11.5 Å². The Kier molecular flexibility index (Phi) is 7.80. The van der Waals surface area contributed by atoms with E-state index in [-0.39, 0.29) is 11.7 Å². The SMILES string of the molecule is CCCCCOc1cc(C(=O)NCCc2ccccc2O)ccc1OC. The number of carbonyl (C=O) groups excluding carboxylic acids is 1. The van der Waals surface area contributed by atoms with Crippen LogP contribution in [0.5, 0.6) is 17.2 Å². The highest BCUT2D eigenvalue weighted by molar-refractivity contribution is 5.94. The van der Waals surface area contributed by atoms with Crippen LogP contribution in [0.25, 0.3) is 0 Å². The number of hydrogen-bond acceptors (Lipinski definition) is 4. The Hall–Kier alpha value is -2.69. The van der Waals surface area contributed by atoms with Gasteiger partial charge < -0.3 is 19.9 Å². The van der Waals surface area contributed by atoms with E-state index in [0.29, 0.717) is 36.6 Å². The maximum Gasteiger partial charge on any atom is 0.251 e. The summed E-state index contributed by atoms with van der Waals surface area (Å²) in [6.45, 7) is 3.18. The summed E-state index contributed by atoms with van der Waals surface area (Å²) in [4.78, 5) is 12.4. The van der Waals surface area contributed by atoms with E-state index in [1.807, 2.05) is 12.1 Å². The number of amides is 1. The van der Waals surface area contributed by atoms with E-state index in [0.717, 1.165) is 24.8 Å². The summed E-state index contributed by atoms with van der Waals surface area (Å²) in [5.41, 5.74) is 1.33. The lowest BCUT2D eigenvalue weighted by molar-refractivity contribution is 0.0953. The Morgan fingerprint density at radius 2 is 1.92 bits per heavy atom. The summed E-state index contributed by atoms with van der Waals surface area (Å²) in [5, 5.41) is 12.6. The second kappa shape index (κ2) is 10.3. The summed E-state index contributed by atoms with van der Waals surface area (Å²) < 4.78 is 11.1. The van der Waals surface area contributed by atoms with Gasteiger partial charge in [0.05, 0.1) is 13.7 Å². The van der Waals surface area contributed by atoms with E-state index >= 15 is 0 Å². The third-order valence-corrected chi connectivity index (χ3v) is 4.10. The average Bonchev–Trinajstić information content (AvgIpc) is 2.66. The van der Waals surface area contributed by atoms with Gasteiger partial charge in [0, 0.05) is 12.1 Å². The molecule has 0 spiro atoms. The predicted octanol–water partition coefficient (Wildman–Crippen LogP) is 3.94. The van der Waals surface area contributed by atoms with Crippen LogP contribution in [0.1, 0.15) is 42.1 Å². The Bertz CT molecular complexity index is 715. The molecule has 0 bridgehead atoms. The first-order valence-corrected chi connectivity index (χ1v) is 9.01. The minimum atomic E-state index is -0.179. The minimum absolute atomic E-state index is 0.179. The van der Waals surface area contributed by atoms with Crippen molar-refractivity contribution in [3.05, 3.63) is 53.6 Å². The molecule has 1 amide bonds. The smallest absolute Gasteiger partial charge is 0.251 e. The number of unbranched alkanes of at least 4 members (excludes halogenated alkanes) is 2. The van der Waals surface area contributed by atoms with Crippen molar-refractivity contribution >= 4 is 5.91 Å². The number of para-hydroxylation sites is 1. The highest BCUT2D eigenvalue weighted by atomic mass is 16.5. The van der Waals surface area contributed by atoms with Crippen LogP contribution in [0.3, 0.4) is 0 Å². The summed E-state index contributed by atoms with van der Waals surface area (Å²) in [5.74, 6) is 1.26. The third kappa shape index (κ3) is 5.69. The number of rotatable bonds is 10. The molecule has 26 heavy (non-hydrogen) atoms. The zero-order valence-electron chi connectivity index (χ0n) is 15.5. The van der Waals surface area contributed by atoms with Crippen LogP contribution in [0.15, 0.2) is 42.5 Å². The van der Waals surface area contributed by atoms with Gasteiger partial charge in [0.1, 0.15) is 5.75 Å². The van der Waals surface area contributed by atoms with Crippen LogP contribution in [0.2, 0.25) is 0 Å². The Morgan fingerprint density at radius 3 is 2.65 bits per heavy atom. The number of carbonyl (C=O) groups is 1. The van der Waals surface area contributed by atoms with Crippen LogP contribution < -0.4 is 14.8 Å². The molecule has 140 valence electrons. The molecule has 0 aliphatic carbocycles. The zero-order valence-corrected chi connectivity index (χ0v) is 15.5. The highest BCUT2D eigenvalue weighted by Crippen LogP contribution is 2.28. The molecule has 0 aliphatic heterocycles. The van der Waals surface area contributed by atoms with Gasteiger partial charge in [-0.2, -0.15) is 0 Å². The number of nitrogens with one attached hydrogen (secondary N) is 1. The molecule has 2 aromatic rings. The number of aromatic hydroxyl groups is 1. The first-order chi connectivity index (χ1) is 12.7. The van der Waals surface area contributed by atoms with E-state index in [1.165, 1.54) is 0 Å². The Balaban J connectivity index is 1.94. The molecule has 5 nitrogen and oxygen atoms in total. The van der Waals surface area contributed by atoms with E-state index in [2.05, 4.69) is 12.2 Å². The molecule has 0 heterocycles. The van der Waals surface area contributed by atoms with Crippen molar-refractivity contribution in [1.82, 2.24) is 5.32 Å². The fraction of sp³-hybridized carbons (Fsp3) is 0.381. The van der Waals surface area contributed by atoms with Gasteiger partial charge in [0.25, 0.3) is 5.91 Å². The first-order valence-electron chi connectivity index (χ1n) is 9.01. The summed E-state index contributed by atoms with van der Waals surface area (Å²) in [6.07, 6.45) is 3.76. The molecule has 0 radical (unpaired) electrons. The van der Waals surface area contributed by atoms with Gasteiger partial charge in [-0.1, -0.05) is 38.0 Å². The fourth-order valence-electron chi connectivity index (χ4n) is 2.60. The normalized spacial score (nSPS) is 10.4. The molecule has 0 aliphatic rings. The lowest BCUT2D eigenvalue weighted by Crippen LogP contribution is -2.25. The van der Waals surface area contributed by atoms with Gasteiger partial charge in [0.2, 0.25) is 0 Å². The number of phenolic OH excluding ortho intramolecular Hbond substituents is 1. The van der Waals surface area contributed by atoms with Crippen LogP contribution in [-0.2, 0) is 6.42 Å². The zero-order chi connectivity index (χ0) is 18.8. The molecule has 0 aromatic heterocycles. The second-order valence-corrected chi connectivity index (χ2v) is 6.06. The van der Waals surface area contributed by atoms with Crippen LogP contribution in [0.4, 0.5) is 0 Å². The fourth-order valence-corrected chi connectivity index (χ4v) is 2.60. The highest BCUT2D eigenvalue weighted by Gasteiger charge is 2.11. The van der Waals surface area contributed by atoms with Crippen molar-refractivity contribution in [1.29, 1.82) is 0 Å². The Labute approximate surface area is 155 Å². The van der Waals surface area contributed by atoms with Gasteiger partial charge in [-0.05, 0) is 42.7 Å². The number of methoxy groups -OCH3 is 1. The lowest BCUT2D eigenvalue weighted by Gasteiger charge is -2.12. The summed E-state index contributed by atoms with van der Waals surface area (Å²) in [7, 11) is 1.58. The topological polar surface area (TPSA) is 67.8 Å². The number of benzene rings is 2. The van der Waals surface area contributed by atoms with Gasteiger partial charge in [-0.25, -0.2) is 0 Å². The molecule has 0 fully saturated rings. The minimum Gasteiger partial charge on any atom is -0.508 e. The van der Waals surface area contributed by atoms with Gasteiger partial charge in [-0.3, -0.25) is 4.79 Å². The molecule has 2 N–H and O–H groups in total.